The number of furan rings is 1. The average molecular weight is 240 g/mol. The quantitative estimate of drug-likeness (QED) is 0.325. The second kappa shape index (κ2) is 6.82. The Morgan fingerprint density at radius 3 is 3.00 bits per heavy atom. The van der Waals surface area contributed by atoms with E-state index in [2.05, 4.69) is 11.9 Å². The van der Waals surface area contributed by atoms with Crippen molar-refractivity contribution in [1.29, 1.82) is 0 Å². The molecule has 1 rings (SSSR count). The molecule has 17 heavy (non-hydrogen) atoms. The molecule has 6 heteroatoms. The highest BCUT2D eigenvalue weighted by molar-refractivity contribution is 5.17. The molecule has 0 aromatic carbocycles. The lowest BCUT2D eigenvalue weighted by Crippen LogP contribution is -2.19. The monoisotopic (exact) mass is 240 g/mol. The Labute approximate surface area is 99.4 Å². The third-order valence-electron chi connectivity index (χ3n) is 1.90. The third-order valence-corrected chi connectivity index (χ3v) is 1.90. The standard InChI is InChI=1S/C11H16N2O4/c1-9(2)8-16-6-5-12-7-10-3-4-11(17-10)13(14)15/h3-4,12H,1,5-8H2,2H3. The van der Waals surface area contributed by atoms with Gasteiger partial charge in [-0.15, -0.1) is 0 Å². The van der Waals surface area contributed by atoms with Crippen LogP contribution in [0.2, 0.25) is 0 Å². The molecule has 0 bridgehead atoms. The van der Waals surface area contributed by atoms with E-state index in [1.165, 1.54) is 6.07 Å². The van der Waals surface area contributed by atoms with Crippen LogP contribution in [0.4, 0.5) is 5.88 Å². The van der Waals surface area contributed by atoms with Gasteiger partial charge in [0.2, 0.25) is 0 Å². The first kappa shape index (κ1) is 13.4. The summed E-state index contributed by atoms with van der Waals surface area (Å²) in [7, 11) is 0. The van der Waals surface area contributed by atoms with E-state index in [9.17, 15) is 10.1 Å². The second-order valence-corrected chi connectivity index (χ2v) is 3.68. The van der Waals surface area contributed by atoms with Crippen LogP contribution in [-0.2, 0) is 11.3 Å². The molecule has 0 unspecified atom stereocenters. The summed E-state index contributed by atoms with van der Waals surface area (Å²) in [6.45, 7) is 7.83. The van der Waals surface area contributed by atoms with Gasteiger partial charge in [0.15, 0.2) is 0 Å². The molecule has 0 aliphatic heterocycles. The minimum atomic E-state index is -0.556. The topological polar surface area (TPSA) is 77.5 Å². The molecule has 94 valence electrons. The maximum Gasteiger partial charge on any atom is 0.433 e. The van der Waals surface area contributed by atoms with Crippen molar-refractivity contribution in [2.75, 3.05) is 19.8 Å². The van der Waals surface area contributed by atoms with Crippen molar-refractivity contribution in [2.45, 2.75) is 13.5 Å². The minimum Gasteiger partial charge on any atom is -0.404 e. The van der Waals surface area contributed by atoms with Crippen LogP contribution in [-0.4, -0.2) is 24.7 Å². The zero-order chi connectivity index (χ0) is 12.7. The van der Waals surface area contributed by atoms with Crippen molar-refractivity contribution in [2.24, 2.45) is 0 Å². The Morgan fingerprint density at radius 1 is 1.65 bits per heavy atom. The minimum absolute atomic E-state index is 0.236. The maximum atomic E-state index is 10.4. The fourth-order valence-electron chi connectivity index (χ4n) is 1.16. The Hall–Kier alpha value is -1.66. The van der Waals surface area contributed by atoms with Crippen LogP contribution >= 0.6 is 0 Å². The van der Waals surface area contributed by atoms with Crippen LogP contribution in [0, 0.1) is 10.1 Å². The summed E-state index contributed by atoms with van der Waals surface area (Å²) in [5.74, 6) is 0.303. The van der Waals surface area contributed by atoms with E-state index in [0.29, 0.717) is 32.1 Å². The normalized spacial score (nSPS) is 10.4. The van der Waals surface area contributed by atoms with Gasteiger partial charge in [-0.3, -0.25) is 10.1 Å². The fraction of sp³-hybridized carbons (Fsp3) is 0.455. The van der Waals surface area contributed by atoms with Crippen molar-refractivity contribution in [1.82, 2.24) is 5.32 Å². The molecule has 0 radical (unpaired) electrons. The second-order valence-electron chi connectivity index (χ2n) is 3.68. The van der Waals surface area contributed by atoms with Gasteiger partial charge in [0.1, 0.15) is 10.7 Å². The van der Waals surface area contributed by atoms with Crippen molar-refractivity contribution >= 4 is 5.88 Å². The Balaban J connectivity index is 2.13. The molecular formula is C11H16N2O4. The Morgan fingerprint density at radius 2 is 2.41 bits per heavy atom. The summed E-state index contributed by atoms with van der Waals surface area (Å²) >= 11 is 0. The molecular weight excluding hydrogens is 224 g/mol. The summed E-state index contributed by atoms with van der Waals surface area (Å²) in [5.41, 5.74) is 0.978. The molecule has 0 spiro atoms. The molecule has 0 saturated carbocycles. The van der Waals surface area contributed by atoms with Gasteiger partial charge in [-0.1, -0.05) is 12.2 Å². The molecule has 1 heterocycles. The molecule has 1 aromatic heterocycles. The molecule has 0 fully saturated rings. The lowest BCUT2D eigenvalue weighted by atomic mass is 10.4. The van der Waals surface area contributed by atoms with Crippen LogP contribution in [0.25, 0.3) is 0 Å². The summed E-state index contributed by atoms with van der Waals surface area (Å²) in [6, 6.07) is 2.93. The van der Waals surface area contributed by atoms with Gasteiger partial charge in [-0.2, -0.15) is 0 Å². The van der Waals surface area contributed by atoms with E-state index in [4.69, 9.17) is 9.15 Å². The highest BCUT2D eigenvalue weighted by Crippen LogP contribution is 2.14. The number of hydrogen-bond donors (Lipinski definition) is 1. The van der Waals surface area contributed by atoms with Crippen LogP contribution in [0.1, 0.15) is 12.7 Å². The molecule has 0 saturated heterocycles. The maximum absolute atomic E-state index is 10.4. The first-order valence-electron chi connectivity index (χ1n) is 5.25. The van der Waals surface area contributed by atoms with Gasteiger partial charge in [-0.25, -0.2) is 0 Å². The Kier molecular flexibility index (Phi) is 5.38. The molecule has 1 aromatic rings. The highest BCUT2D eigenvalue weighted by atomic mass is 16.6. The summed E-state index contributed by atoms with van der Waals surface area (Å²) in [6.07, 6.45) is 0. The Bertz CT molecular complexity index is 387. The number of nitrogens with zero attached hydrogens (tertiary/aromatic N) is 1. The van der Waals surface area contributed by atoms with Crippen LogP contribution < -0.4 is 5.32 Å². The van der Waals surface area contributed by atoms with Crippen molar-refractivity contribution in [3.05, 3.63) is 40.2 Å². The highest BCUT2D eigenvalue weighted by Gasteiger charge is 2.10. The van der Waals surface area contributed by atoms with E-state index in [1.54, 1.807) is 6.07 Å². The van der Waals surface area contributed by atoms with Crippen molar-refractivity contribution in [3.8, 4) is 0 Å². The number of ether oxygens (including phenoxy) is 1. The van der Waals surface area contributed by atoms with Gasteiger partial charge < -0.3 is 14.5 Å². The van der Waals surface area contributed by atoms with Gasteiger partial charge >= 0.3 is 5.88 Å². The van der Waals surface area contributed by atoms with E-state index < -0.39 is 4.92 Å². The van der Waals surface area contributed by atoms with E-state index in [0.717, 1.165) is 5.57 Å². The van der Waals surface area contributed by atoms with Crippen molar-refractivity contribution in [3.63, 3.8) is 0 Å². The smallest absolute Gasteiger partial charge is 0.404 e. The van der Waals surface area contributed by atoms with E-state index in [1.807, 2.05) is 6.92 Å². The largest absolute Gasteiger partial charge is 0.433 e. The molecule has 0 aliphatic carbocycles. The van der Waals surface area contributed by atoms with Crippen LogP contribution in [0.15, 0.2) is 28.7 Å². The fourth-order valence-corrected chi connectivity index (χ4v) is 1.16. The summed E-state index contributed by atoms with van der Waals surface area (Å²) in [5, 5.41) is 13.4. The molecule has 0 amide bonds. The van der Waals surface area contributed by atoms with Gasteiger partial charge in [-0.05, 0) is 13.0 Å². The molecule has 1 N–H and O–H groups in total. The first-order chi connectivity index (χ1) is 8.09. The van der Waals surface area contributed by atoms with Crippen molar-refractivity contribution < 1.29 is 14.1 Å². The molecule has 0 atom stereocenters. The SMILES string of the molecule is C=C(C)COCCNCc1ccc([N+](=O)[O-])o1. The number of rotatable bonds is 8. The zero-order valence-corrected chi connectivity index (χ0v) is 9.77. The third kappa shape index (κ3) is 5.28. The lowest BCUT2D eigenvalue weighted by Gasteiger charge is -2.04. The molecule has 6 nitrogen and oxygen atoms in total. The predicted octanol–water partition coefficient (Wildman–Crippen LogP) is 1.87. The summed E-state index contributed by atoms with van der Waals surface area (Å²) in [4.78, 5) is 9.80. The predicted molar refractivity (Wildman–Crippen MR) is 62.7 cm³/mol. The van der Waals surface area contributed by atoms with Crippen LogP contribution in [0.5, 0.6) is 0 Å². The lowest BCUT2D eigenvalue weighted by molar-refractivity contribution is -0.402. The average Bonchev–Trinajstić information content (AvgIpc) is 2.71. The summed E-state index contributed by atoms with van der Waals surface area (Å²) < 4.78 is 10.2. The first-order valence-corrected chi connectivity index (χ1v) is 5.25. The van der Waals surface area contributed by atoms with E-state index in [-0.39, 0.29) is 5.88 Å². The molecule has 0 aliphatic rings. The number of nitrogens with one attached hydrogen (secondary N) is 1. The van der Waals surface area contributed by atoms with Gasteiger partial charge in [0, 0.05) is 6.54 Å². The zero-order valence-electron chi connectivity index (χ0n) is 9.77. The number of hydrogen-bond acceptors (Lipinski definition) is 5. The van der Waals surface area contributed by atoms with Gasteiger partial charge in [0.05, 0.1) is 25.8 Å². The van der Waals surface area contributed by atoms with Gasteiger partial charge in [0.25, 0.3) is 0 Å². The number of nitro groups is 1. The van der Waals surface area contributed by atoms with E-state index >= 15 is 0 Å². The van der Waals surface area contributed by atoms with Crippen LogP contribution in [0.3, 0.4) is 0 Å².